The standard InChI is InChI=1S/C36H65O2S/c1-4-6-8-10-12-14-16-18-20-25-32-39(33-26-21-19-17-15-13-11-9-7-5-2)35(30-27-31-36(37)38-3)34-28-23-22-24-29-34/h22-24,28-29,35H,4-21,25-27,30-33H2,1-3H3/q+1. The molecule has 1 unspecified atom stereocenters. The molecule has 1 rings (SSSR count). The predicted octanol–water partition coefficient (Wildman–Crippen LogP) is 11.5. The van der Waals surface area contributed by atoms with Crippen molar-refractivity contribution in [3.63, 3.8) is 0 Å². The number of benzene rings is 1. The van der Waals surface area contributed by atoms with Crippen LogP contribution in [0.15, 0.2) is 30.3 Å². The third kappa shape index (κ3) is 20.6. The molecule has 2 nitrogen and oxygen atoms in total. The summed E-state index contributed by atoms with van der Waals surface area (Å²) in [5, 5.41) is 0.591. The minimum Gasteiger partial charge on any atom is -0.469 e. The van der Waals surface area contributed by atoms with E-state index in [2.05, 4.69) is 44.2 Å². The summed E-state index contributed by atoms with van der Waals surface area (Å²) in [5.74, 6) is 2.67. The number of hydrogen-bond donors (Lipinski definition) is 0. The molecule has 1 aromatic carbocycles. The van der Waals surface area contributed by atoms with E-state index in [4.69, 9.17) is 4.74 Å². The molecular weight excluding hydrogens is 496 g/mol. The normalized spacial score (nSPS) is 12.2. The van der Waals surface area contributed by atoms with Crippen molar-refractivity contribution < 1.29 is 9.53 Å². The van der Waals surface area contributed by atoms with Crippen molar-refractivity contribution in [2.75, 3.05) is 18.6 Å². The van der Waals surface area contributed by atoms with E-state index in [0.29, 0.717) is 22.6 Å². The third-order valence-corrected chi connectivity index (χ3v) is 11.1. The van der Waals surface area contributed by atoms with Gasteiger partial charge in [-0.1, -0.05) is 147 Å². The molecule has 0 heterocycles. The fraction of sp³-hybridized carbons (Fsp3) is 0.806. The predicted molar refractivity (Wildman–Crippen MR) is 176 cm³/mol. The van der Waals surface area contributed by atoms with Crippen LogP contribution in [0.25, 0.3) is 0 Å². The molecule has 0 aromatic heterocycles. The Morgan fingerprint density at radius 3 is 1.44 bits per heavy atom. The zero-order valence-electron chi connectivity index (χ0n) is 26.4. The van der Waals surface area contributed by atoms with Crippen LogP contribution >= 0.6 is 0 Å². The minimum absolute atomic E-state index is 0.0638. The molecule has 1 aromatic rings. The Morgan fingerprint density at radius 2 is 1.03 bits per heavy atom. The molecule has 3 heteroatoms. The van der Waals surface area contributed by atoms with Crippen LogP contribution in [0.5, 0.6) is 0 Å². The van der Waals surface area contributed by atoms with Gasteiger partial charge in [0, 0.05) is 12.0 Å². The second-order valence-electron chi connectivity index (χ2n) is 11.7. The monoisotopic (exact) mass is 561 g/mol. The average Bonchev–Trinajstić information content (AvgIpc) is 2.96. The third-order valence-electron chi connectivity index (χ3n) is 8.17. The lowest BCUT2D eigenvalue weighted by molar-refractivity contribution is -0.140. The topological polar surface area (TPSA) is 26.3 Å². The van der Waals surface area contributed by atoms with Crippen LogP contribution < -0.4 is 0 Å². The van der Waals surface area contributed by atoms with Gasteiger partial charge in [-0.05, 0) is 49.4 Å². The van der Waals surface area contributed by atoms with Crippen LogP contribution in [0.2, 0.25) is 0 Å². The summed E-state index contributed by atoms with van der Waals surface area (Å²) in [5.41, 5.74) is 1.49. The van der Waals surface area contributed by atoms with Crippen LogP contribution in [0.4, 0.5) is 0 Å². The number of esters is 1. The van der Waals surface area contributed by atoms with Gasteiger partial charge < -0.3 is 4.74 Å². The van der Waals surface area contributed by atoms with Crippen LogP contribution in [0, 0.1) is 0 Å². The first-order valence-corrected chi connectivity index (χ1v) is 18.6. The quantitative estimate of drug-likeness (QED) is 0.0577. The van der Waals surface area contributed by atoms with E-state index in [1.54, 1.807) is 0 Å². The number of rotatable bonds is 28. The minimum atomic E-state index is -0.0638. The Bertz CT molecular complexity index is 623. The molecule has 39 heavy (non-hydrogen) atoms. The SMILES string of the molecule is CCCCCCCCCCCC[S+](CCCCCCCCCCCC)C(CCCC(=O)OC)c1ccccc1. The van der Waals surface area contributed by atoms with Crippen LogP contribution in [0.3, 0.4) is 0 Å². The average molecular weight is 562 g/mol. The summed E-state index contributed by atoms with van der Waals surface area (Å²) in [7, 11) is 1.90. The maximum atomic E-state index is 11.8. The van der Waals surface area contributed by atoms with Crippen molar-refractivity contribution in [2.24, 2.45) is 0 Å². The summed E-state index contributed by atoms with van der Waals surface area (Å²) in [6.45, 7) is 4.60. The summed E-state index contributed by atoms with van der Waals surface area (Å²) < 4.78 is 4.94. The molecule has 0 radical (unpaired) electrons. The van der Waals surface area contributed by atoms with Crippen LogP contribution in [0.1, 0.15) is 172 Å². The van der Waals surface area contributed by atoms with Gasteiger partial charge in [-0.2, -0.15) is 0 Å². The summed E-state index contributed by atoms with van der Waals surface area (Å²) in [6, 6.07) is 11.2. The molecule has 1 atom stereocenters. The lowest BCUT2D eigenvalue weighted by Crippen LogP contribution is -2.22. The molecule has 0 aliphatic heterocycles. The zero-order chi connectivity index (χ0) is 28.2. The number of hydrogen-bond acceptors (Lipinski definition) is 2. The lowest BCUT2D eigenvalue weighted by Gasteiger charge is -2.20. The van der Waals surface area contributed by atoms with Crippen molar-refractivity contribution in [1.29, 1.82) is 0 Å². The van der Waals surface area contributed by atoms with Crippen molar-refractivity contribution in [1.82, 2.24) is 0 Å². The molecule has 0 bridgehead atoms. The number of carbonyl (C=O) groups excluding carboxylic acids is 1. The molecule has 0 aliphatic rings. The van der Waals surface area contributed by atoms with E-state index in [1.165, 1.54) is 153 Å². The molecule has 0 spiro atoms. The first-order chi connectivity index (χ1) is 19.2. The summed E-state index contributed by atoms with van der Waals surface area (Å²) in [4.78, 5) is 11.8. The molecule has 0 amide bonds. The summed E-state index contributed by atoms with van der Waals surface area (Å²) >= 11 is 0. The largest absolute Gasteiger partial charge is 0.469 e. The van der Waals surface area contributed by atoms with Crippen molar-refractivity contribution in [3.05, 3.63) is 35.9 Å². The van der Waals surface area contributed by atoms with E-state index in [-0.39, 0.29) is 5.97 Å². The zero-order valence-corrected chi connectivity index (χ0v) is 27.2. The van der Waals surface area contributed by atoms with E-state index < -0.39 is 0 Å². The Morgan fingerprint density at radius 1 is 0.615 bits per heavy atom. The Hall–Kier alpha value is -0.960. The highest BCUT2D eigenvalue weighted by atomic mass is 32.2. The van der Waals surface area contributed by atoms with Gasteiger partial charge in [-0.25, -0.2) is 0 Å². The Labute approximate surface area is 247 Å². The molecular formula is C36H65O2S+. The maximum Gasteiger partial charge on any atom is 0.305 e. The number of unbranched alkanes of at least 4 members (excludes halogenated alkanes) is 18. The summed E-state index contributed by atoms with van der Waals surface area (Å²) in [6.07, 6.45) is 30.7. The Kier molecular flexibility index (Phi) is 25.2. The van der Waals surface area contributed by atoms with Gasteiger partial charge in [0.15, 0.2) is 0 Å². The van der Waals surface area contributed by atoms with Crippen molar-refractivity contribution in [3.8, 4) is 0 Å². The highest BCUT2D eigenvalue weighted by molar-refractivity contribution is 7.97. The van der Waals surface area contributed by atoms with Gasteiger partial charge in [0.2, 0.25) is 0 Å². The van der Waals surface area contributed by atoms with E-state index in [0.717, 1.165) is 12.8 Å². The van der Waals surface area contributed by atoms with Gasteiger partial charge in [0.25, 0.3) is 0 Å². The second-order valence-corrected chi connectivity index (χ2v) is 14.1. The van der Waals surface area contributed by atoms with Crippen LogP contribution in [-0.4, -0.2) is 24.6 Å². The Balaban J connectivity index is 2.53. The van der Waals surface area contributed by atoms with Gasteiger partial charge in [-0.3, -0.25) is 4.79 Å². The molecule has 0 fully saturated rings. The molecule has 0 saturated carbocycles. The molecule has 0 saturated heterocycles. The van der Waals surface area contributed by atoms with Gasteiger partial charge in [0.05, 0.1) is 7.11 Å². The highest BCUT2D eigenvalue weighted by Crippen LogP contribution is 2.32. The van der Waals surface area contributed by atoms with E-state index in [9.17, 15) is 4.79 Å². The van der Waals surface area contributed by atoms with E-state index >= 15 is 0 Å². The smallest absolute Gasteiger partial charge is 0.305 e. The van der Waals surface area contributed by atoms with E-state index in [1.807, 2.05) is 0 Å². The molecule has 0 aliphatic carbocycles. The van der Waals surface area contributed by atoms with Gasteiger partial charge in [-0.15, -0.1) is 0 Å². The number of ether oxygens (including phenoxy) is 1. The molecule has 226 valence electrons. The first-order valence-electron chi connectivity index (χ1n) is 17.0. The van der Waals surface area contributed by atoms with Crippen molar-refractivity contribution >= 4 is 16.9 Å². The lowest BCUT2D eigenvalue weighted by atomic mass is 10.1. The maximum absolute atomic E-state index is 11.8. The molecule has 0 N–H and O–H groups in total. The number of methoxy groups -OCH3 is 1. The van der Waals surface area contributed by atoms with Gasteiger partial charge in [0.1, 0.15) is 16.8 Å². The highest BCUT2D eigenvalue weighted by Gasteiger charge is 2.31. The fourth-order valence-corrected chi connectivity index (χ4v) is 8.63. The number of carbonyl (C=O) groups is 1. The second kappa shape index (κ2) is 27.2. The van der Waals surface area contributed by atoms with Gasteiger partial charge >= 0.3 is 5.97 Å². The van der Waals surface area contributed by atoms with Crippen LogP contribution in [-0.2, 0) is 20.4 Å². The fourth-order valence-electron chi connectivity index (χ4n) is 5.66. The van der Waals surface area contributed by atoms with Crippen molar-refractivity contribution in [2.45, 2.75) is 167 Å². The first kappa shape index (κ1) is 36.1.